The van der Waals surface area contributed by atoms with Gasteiger partial charge < -0.3 is 0 Å². The summed E-state index contributed by atoms with van der Waals surface area (Å²) < 4.78 is 0. The van der Waals surface area contributed by atoms with Crippen LogP contribution in [0.3, 0.4) is 0 Å². The predicted molar refractivity (Wildman–Crippen MR) is 127 cm³/mol. The summed E-state index contributed by atoms with van der Waals surface area (Å²) in [5, 5.41) is 0. The minimum absolute atomic E-state index is 0.270. The molecule has 0 saturated heterocycles. The van der Waals surface area contributed by atoms with E-state index in [9.17, 15) is 0 Å². The molecule has 3 aromatic rings. The van der Waals surface area contributed by atoms with Crippen LogP contribution in [0, 0.1) is 0 Å². The van der Waals surface area contributed by atoms with Crippen molar-refractivity contribution in [3.8, 4) is 22.8 Å². The molecule has 0 aliphatic heterocycles. The van der Waals surface area contributed by atoms with Crippen LogP contribution in [0.2, 0.25) is 0 Å². The summed E-state index contributed by atoms with van der Waals surface area (Å²) in [6, 6.07) is 16.5. The second kappa shape index (κ2) is 10.3. The van der Waals surface area contributed by atoms with Gasteiger partial charge in [-0.2, -0.15) is 0 Å². The molecule has 0 fully saturated rings. The molecule has 3 heteroatoms. The maximum absolute atomic E-state index is 4.68. The number of aromatic nitrogens is 3. The maximum atomic E-state index is 4.68. The Morgan fingerprint density at radius 2 is 1.50 bits per heavy atom. The van der Waals surface area contributed by atoms with Gasteiger partial charge in [-0.3, -0.25) is 0 Å². The number of hydrogen-bond donors (Lipinski definition) is 0. The summed E-state index contributed by atoms with van der Waals surface area (Å²) in [4.78, 5) is 13.4. The fourth-order valence-corrected chi connectivity index (χ4v) is 3.35. The summed E-state index contributed by atoms with van der Waals surface area (Å²) in [5.41, 5.74) is 5.39. The molecule has 1 atom stereocenters. The fourth-order valence-electron chi connectivity index (χ4n) is 3.35. The van der Waals surface area contributed by atoms with E-state index in [2.05, 4.69) is 72.0 Å². The first kappa shape index (κ1) is 21.1. The Balaban J connectivity index is 1.86. The minimum Gasteiger partial charge on any atom is -0.217 e. The lowest BCUT2D eigenvalue weighted by atomic mass is 9.95. The normalized spacial score (nSPS) is 12.2. The average Bonchev–Trinajstić information content (AvgIpc) is 2.81. The molecule has 1 aromatic heterocycles. The Morgan fingerprint density at radius 1 is 0.900 bits per heavy atom. The van der Waals surface area contributed by atoms with Gasteiger partial charge in [0.05, 0.1) is 0 Å². The van der Waals surface area contributed by atoms with Crippen LogP contribution < -0.4 is 0 Å². The van der Waals surface area contributed by atoms with Crippen LogP contribution in [0.1, 0.15) is 36.8 Å². The van der Waals surface area contributed by atoms with Crippen LogP contribution in [0.5, 0.6) is 0 Å². The van der Waals surface area contributed by atoms with E-state index < -0.39 is 0 Å². The third-order valence-electron chi connectivity index (χ3n) is 4.99. The molecular weight excluding hydrogens is 366 g/mol. The third kappa shape index (κ3) is 4.87. The number of rotatable bonds is 9. The molecule has 0 amide bonds. The van der Waals surface area contributed by atoms with Gasteiger partial charge in [-0.05, 0) is 29.5 Å². The van der Waals surface area contributed by atoms with Crippen LogP contribution >= 0.6 is 0 Å². The summed E-state index contributed by atoms with van der Waals surface area (Å²) in [6.07, 6.45) is 11.3. The largest absolute Gasteiger partial charge is 0.217 e. The van der Waals surface area contributed by atoms with Crippen molar-refractivity contribution >= 4 is 5.57 Å². The first-order valence-electron chi connectivity index (χ1n) is 10.2. The Kier molecular flexibility index (Phi) is 7.23. The molecular formula is C27H27N3. The van der Waals surface area contributed by atoms with Crippen molar-refractivity contribution in [1.29, 1.82) is 0 Å². The fraction of sp³-hybridized carbons (Fsp3) is 0.148. The van der Waals surface area contributed by atoms with Crippen molar-refractivity contribution in [3.63, 3.8) is 0 Å². The van der Waals surface area contributed by atoms with Crippen molar-refractivity contribution in [3.05, 3.63) is 110 Å². The van der Waals surface area contributed by atoms with E-state index in [1.54, 1.807) is 6.33 Å². The first-order valence-corrected chi connectivity index (χ1v) is 10.2. The van der Waals surface area contributed by atoms with Gasteiger partial charge in [0.15, 0.2) is 11.6 Å². The number of benzene rings is 2. The van der Waals surface area contributed by atoms with Crippen molar-refractivity contribution in [1.82, 2.24) is 15.0 Å². The summed E-state index contributed by atoms with van der Waals surface area (Å²) in [6.45, 7) is 13.8. The SMILES string of the molecule is C=CCC(C=C)c1ccc(-c2ncnc(-c3ccc(/C(C=C)=C/CC)cc3)n2)cc1. The molecule has 3 nitrogen and oxygen atoms in total. The second-order valence-electron chi connectivity index (χ2n) is 6.97. The lowest BCUT2D eigenvalue weighted by Gasteiger charge is -2.11. The van der Waals surface area contributed by atoms with E-state index in [0.29, 0.717) is 11.6 Å². The summed E-state index contributed by atoms with van der Waals surface area (Å²) >= 11 is 0. The number of hydrogen-bond acceptors (Lipinski definition) is 3. The molecule has 0 aliphatic rings. The summed E-state index contributed by atoms with van der Waals surface area (Å²) in [7, 11) is 0. The number of nitrogens with zero attached hydrogens (tertiary/aromatic N) is 3. The highest BCUT2D eigenvalue weighted by Crippen LogP contribution is 2.25. The van der Waals surface area contributed by atoms with Crippen molar-refractivity contribution in [2.75, 3.05) is 0 Å². The predicted octanol–water partition coefficient (Wildman–Crippen LogP) is 7.03. The van der Waals surface area contributed by atoms with E-state index in [4.69, 9.17) is 0 Å². The Hall–Kier alpha value is -3.59. The highest BCUT2D eigenvalue weighted by Gasteiger charge is 2.09. The van der Waals surface area contributed by atoms with Crippen LogP contribution in [-0.4, -0.2) is 15.0 Å². The lowest BCUT2D eigenvalue weighted by Crippen LogP contribution is -1.97. The molecule has 0 saturated carbocycles. The van der Waals surface area contributed by atoms with Gasteiger partial charge in [-0.15, -0.1) is 13.2 Å². The molecule has 1 heterocycles. The topological polar surface area (TPSA) is 38.7 Å². The average molecular weight is 394 g/mol. The van der Waals surface area contributed by atoms with E-state index in [1.807, 2.05) is 42.5 Å². The highest BCUT2D eigenvalue weighted by molar-refractivity contribution is 5.75. The van der Waals surface area contributed by atoms with Crippen LogP contribution in [0.4, 0.5) is 0 Å². The van der Waals surface area contributed by atoms with E-state index in [-0.39, 0.29) is 5.92 Å². The quantitative estimate of drug-likeness (QED) is 0.289. The Labute approximate surface area is 179 Å². The van der Waals surface area contributed by atoms with E-state index in [1.165, 1.54) is 5.56 Å². The Bertz CT molecular complexity index is 1040. The third-order valence-corrected chi connectivity index (χ3v) is 4.99. The van der Waals surface area contributed by atoms with E-state index in [0.717, 1.165) is 35.1 Å². The Morgan fingerprint density at radius 3 is 2.00 bits per heavy atom. The van der Waals surface area contributed by atoms with Gasteiger partial charge in [0.1, 0.15) is 6.33 Å². The first-order chi connectivity index (χ1) is 14.7. The van der Waals surface area contributed by atoms with Gasteiger partial charge in [-0.25, -0.2) is 15.0 Å². The molecule has 3 rings (SSSR count). The molecule has 2 aromatic carbocycles. The van der Waals surface area contributed by atoms with Gasteiger partial charge in [0, 0.05) is 17.0 Å². The van der Waals surface area contributed by atoms with Crippen LogP contribution in [0.25, 0.3) is 28.3 Å². The molecule has 0 radical (unpaired) electrons. The smallest absolute Gasteiger partial charge is 0.163 e. The monoisotopic (exact) mass is 393 g/mol. The molecule has 0 spiro atoms. The van der Waals surface area contributed by atoms with Crippen molar-refractivity contribution in [2.45, 2.75) is 25.7 Å². The molecule has 0 bridgehead atoms. The van der Waals surface area contributed by atoms with Crippen LogP contribution in [-0.2, 0) is 0 Å². The summed E-state index contributed by atoms with van der Waals surface area (Å²) in [5.74, 6) is 1.59. The van der Waals surface area contributed by atoms with E-state index >= 15 is 0 Å². The molecule has 0 N–H and O–H groups in total. The second-order valence-corrected chi connectivity index (χ2v) is 6.97. The molecule has 150 valence electrons. The van der Waals surface area contributed by atoms with Gasteiger partial charge in [0.25, 0.3) is 0 Å². The number of allylic oxidation sites excluding steroid dienone is 5. The van der Waals surface area contributed by atoms with Gasteiger partial charge >= 0.3 is 0 Å². The maximum Gasteiger partial charge on any atom is 0.163 e. The van der Waals surface area contributed by atoms with Crippen LogP contribution in [0.15, 0.2) is 98.9 Å². The van der Waals surface area contributed by atoms with Crippen molar-refractivity contribution in [2.24, 2.45) is 0 Å². The molecule has 0 aliphatic carbocycles. The lowest BCUT2D eigenvalue weighted by molar-refractivity contribution is 0.867. The zero-order valence-corrected chi connectivity index (χ0v) is 17.5. The molecule has 30 heavy (non-hydrogen) atoms. The minimum atomic E-state index is 0.270. The standard InChI is InChI=1S/C27H27N3/c1-5-9-20(7-3)22-11-15-24(16-12-22)26-28-19-29-27(30-26)25-17-13-23(14-18-25)21(8-4)10-6-2/h5,7-8,10-20H,1,3-4,6,9H2,2H3/b21-10+. The highest BCUT2D eigenvalue weighted by atomic mass is 15.0. The zero-order chi connectivity index (χ0) is 21.3. The van der Waals surface area contributed by atoms with Gasteiger partial charge in [0.2, 0.25) is 0 Å². The van der Waals surface area contributed by atoms with Gasteiger partial charge in [-0.1, -0.05) is 86.3 Å². The zero-order valence-electron chi connectivity index (χ0n) is 17.5. The molecule has 1 unspecified atom stereocenters. The van der Waals surface area contributed by atoms with Crippen molar-refractivity contribution < 1.29 is 0 Å².